The number of hydrogen-bond donors (Lipinski definition) is 2. The van der Waals surface area contributed by atoms with Crippen molar-refractivity contribution < 1.29 is 33.6 Å². The minimum absolute atomic E-state index is 0.0554. The molecule has 0 radical (unpaired) electrons. The molecule has 0 bridgehead atoms. The number of halogens is 2. The molecule has 246 valence electrons. The number of aliphatic hydroxyl groups excluding tert-OH is 1. The molecule has 9 nitrogen and oxygen atoms in total. The van der Waals surface area contributed by atoms with Gasteiger partial charge in [0.15, 0.2) is 11.6 Å². The van der Waals surface area contributed by atoms with Crippen LogP contribution in [0, 0.1) is 0 Å². The van der Waals surface area contributed by atoms with Crippen LogP contribution in [0.15, 0.2) is 98.9 Å². The van der Waals surface area contributed by atoms with Crippen molar-refractivity contribution in [2.45, 2.75) is 31.0 Å². The third-order valence-electron chi connectivity index (χ3n) is 7.86. The van der Waals surface area contributed by atoms with E-state index in [4.69, 9.17) is 33.8 Å². The molecule has 0 aliphatic carbocycles. The fraction of sp³-hybridized carbons (Fsp3) is 0.278. The molecule has 0 spiro atoms. The number of ether oxygens (including phenoxy) is 5. The first-order chi connectivity index (χ1) is 22.8. The highest BCUT2D eigenvalue weighted by Crippen LogP contribution is 2.44. The van der Waals surface area contributed by atoms with E-state index in [2.05, 4.69) is 37.2 Å². The van der Waals surface area contributed by atoms with Gasteiger partial charge in [-0.2, -0.15) is 0 Å². The number of benzene rings is 4. The molecule has 1 aliphatic rings. The van der Waals surface area contributed by atoms with E-state index in [0.29, 0.717) is 53.1 Å². The van der Waals surface area contributed by atoms with Crippen molar-refractivity contribution in [3.63, 3.8) is 0 Å². The summed E-state index contributed by atoms with van der Waals surface area (Å²) in [7, 11) is 4.68. The Labute approximate surface area is 291 Å². The highest BCUT2D eigenvalue weighted by Gasteiger charge is 2.53. The number of rotatable bonds is 14. The lowest BCUT2D eigenvalue weighted by Crippen LogP contribution is -2.49. The average molecular weight is 768 g/mol. The Morgan fingerprint density at radius 1 is 0.915 bits per heavy atom. The summed E-state index contributed by atoms with van der Waals surface area (Å²) in [6, 6.07) is 26.3. The van der Waals surface area contributed by atoms with Crippen molar-refractivity contribution in [2.24, 2.45) is 4.99 Å². The summed E-state index contributed by atoms with van der Waals surface area (Å²) in [5.74, 6) is 2.25. The summed E-state index contributed by atoms with van der Waals surface area (Å²) in [5.41, 5.74) is 1.63. The van der Waals surface area contributed by atoms with Crippen LogP contribution in [0.2, 0.25) is 0 Å². The summed E-state index contributed by atoms with van der Waals surface area (Å²) >= 11 is 7.21. The molecule has 2 atom stereocenters. The number of carbonyl (C=O) groups is 1. The highest BCUT2D eigenvalue weighted by atomic mass is 79.9. The monoisotopic (exact) mass is 766 g/mol. The second-order valence-electron chi connectivity index (χ2n) is 10.8. The van der Waals surface area contributed by atoms with Gasteiger partial charge in [0, 0.05) is 46.1 Å². The minimum Gasteiger partial charge on any atom is -0.496 e. The molecule has 1 amide bonds. The number of methoxy groups -OCH3 is 3. The van der Waals surface area contributed by atoms with Gasteiger partial charge < -0.3 is 34.1 Å². The van der Waals surface area contributed by atoms with E-state index in [1.54, 1.807) is 33.5 Å². The van der Waals surface area contributed by atoms with Crippen molar-refractivity contribution in [3.8, 4) is 23.0 Å². The molecular weight excluding hydrogens is 732 g/mol. The third kappa shape index (κ3) is 7.75. The third-order valence-corrected chi connectivity index (χ3v) is 9.17. The summed E-state index contributed by atoms with van der Waals surface area (Å²) in [4.78, 5) is 19.9. The largest absolute Gasteiger partial charge is 0.496 e. The van der Waals surface area contributed by atoms with Crippen LogP contribution in [0.1, 0.15) is 34.8 Å². The molecule has 0 aromatic heterocycles. The van der Waals surface area contributed by atoms with Crippen LogP contribution in [-0.2, 0) is 22.5 Å². The van der Waals surface area contributed by atoms with Gasteiger partial charge in [-0.15, -0.1) is 0 Å². The molecule has 4 aromatic carbocycles. The predicted octanol–water partition coefficient (Wildman–Crippen LogP) is 6.81. The number of nitrogens with zero attached hydrogens (tertiary/aromatic N) is 1. The maximum absolute atomic E-state index is 14.7. The van der Waals surface area contributed by atoms with E-state index in [9.17, 15) is 4.79 Å². The van der Waals surface area contributed by atoms with Crippen LogP contribution in [0.5, 0.6) is 23.0 Å². The highest BCUT2D eigenvalue weighted by molar-refractivity contribution is 9.10. The normalized spacial score (nSPS) is 17.0. The van der Waals surface area contributed by atoms with Gasteiger partial charge in [-0.05, 0) is 53.6 Å². The maximum atomic E-state index is 14.7. The molecule has 5 rings (SSSR count). The van der Waals surface area contributed by atoms with Gasteiger partial charge >= 0.3 is 0 Å². The van der Waals surface area contributed by atoms with Crippen molar-refractivity contribution >= 4 is 43.7 Å². The molecular formula is C36H36Br2N2O7. The number of amides is 1. The fourth-order valence-electron chi connectivity index (χ4n) is 5.43. The van der Waals surface area contributed by atoms with Crippen LogP contribution in [0.4, 0.5) is 0 Å². The molecule has 11 heteroatoms. The van der Waals surface area contributed by atoms with E-state index < -0.39 is 11.6 Å². The summed E-state index contributed by atoms with van der Waals surface area (Å²) in [6.07, 6.45) is 0.00903. The van der Waals surface area contributed by atoms with E-state index in [0.717, 1.165) is 20.1 Å². The van der Waals surface area contributed by atoms with Crippen LogP contribution in [0.25, 0.3) is 0 Å². The van der Waals surface area contributed by atoms with Crippen LogP contribution in [0.3, 0.4) is 0 Å². The lowest BCUT2D eigenvalue weighted by atomic mass is 9.82. The lowest BCUT2D eigenvalue weighted by Gasteiger charge is -2.31. The molecule has 0 saturated carbocycles. The smallest absolute Gasteiger partial charge is 0.252 e. The molecule has 2 N–H and O–H groups in total. The Bertz CT molecular complexity index is 1690. The van der Waals surface area contributed by atoms with Gasteiger partial charge in [-0.3, -0.25) is 4.79 Å². The van der Waals surface area contributed by atoms with Crippen molar-refractivity contribution in [1.82, 2.24) is 5.32 Å². The summed E-state index contributed by atoms with van der Waals surface area (Å²) < 4.78 is 30.8. The first-order valence-corrected chi connectivity index (χ1v) is 16.6. The molecule has 1 aliphatic heterocycles. The number of carbonyl (C=O) groups excluding carboxylic acids is 1. The Kier molecular flexibility index (Phi) is 11.4. The van der Waals surface area contributed by atoms with Crippen molar-refractivity contribution in [1.29, 1.82) is 0 Å². The average Bonchev–Trinajstić information content (AvgIpc) is 3.48. The zero-order chi connectivity index (χ0) is 33.4. The Hall–Kier alpha value is -4.06. The molecule has 0 unspecified atom stereocenters. The molecule has 4 aromatic rings. The van der Waals surface area contributed by atoms with Gasteiger partial charge in [-0.25, -0.2) is 4.99 Å². The van der Waals surface area contributed by atoms with Gasteiger partial charge in [0.1, 0.15) is 23.0 Å². The zero-order valence-corrected chi connectivity index (χ0v) is 29.5. The van der Waals surface area contributed by atoms with Crippen LogP contribution in [-0.4, -0.2) is 57.0 Å². The zero-order valence-electron chi connectivity index (χ0n) is 26.3. The topological polar surface area (TPSA) is 108 Å². The minimum atomic E-state index is -1.41. The van der Waals surface area contributed by atoms with Crippen molar-refractivity contribution in [2.75, 3.05) is 34.5 Å². The SMILES string of the molecule is COc1cc(OC)c(CNC(=O)[C@]2(Cc3ccccc3Br)N=C(c3ccc(OCCCO)cc3)O[C@@H]2c2ccc(Br)cc2)c(OC)c1. The fourth-order valence-corrected chi connectivity index (χ4v) is 6.12. The van der Waals surface area contributed by atoms with Crippen LogP contribution < -0.4 is 24.3 Å². The summed E-state index contributed by atoms with van der Waals surface area (Å²) in [5, 5.41) is 12.2. The van der Waals surface area contributed by atoms with Gasteiger partial charge in [0.25, 0.3) is 5.91 Å². The lowest BCUT2D eigenvalue weighted by molar-refractivity contribution is -0.129. The second-order valence-corrected chi connectivity index (χ2v) is 12.6. The van der Waals surface area contributed by atoms with E-state index in [-0.39, 0.29) is 25.5 Å². The molecule has 0 fully saturated rings. The molecule has 1 heterocycles. The summed E-state index contributed by atoms with van der Waals surface area (Å²) in [6.45, 7) is 0.558. The molecule has 47 heavy (non-hydrogen) atoms. The molecule has 0 saturated heterocycles. The Morgan fingerprint density at radius 3 is 2.21 bits per heavy atom. The van der Waals surface area contributed by atoms with Crippen molar-refractivity contribution in [3.05, 3.63) is 116 Å². The number of nitrogens with one attached hydrogen (secondary N) is 1. The number of aliphatic imine (C=N–C) groups is 1. The van der Waals surface area contributed by atoms with Gasteiger partial charge in [0.2, 0.25) is 5.90 Å². The van der Waals surface area contributed by atoms with Gasteiger partial charge in [0.05, 0.1) is 40.0 Å². The standard InChI is InChI=1S/C36H36Br2N2O7/c1-43-28-19-31(44-2)29(32(20-28)45-3)22-39-35(42)36(21-25-7-4-5-8-30(25)38)33(23-9-13-26(37)14-10-23)47-34(40-36)24-11-15-27(16-12-24)46-18-6-17-41/h4-5,7-16,19-20,33,41H,6,17-18,21-22H2,1-3H3,(H,39,42)/t33-,36-/m1/s1. The first-order valence-electron chi connectivity index (χ1n) is 15.0. The maximum Gasteiger partial charge on any atom is 0.252 e. The quantitative estimate of drug-likeness (QED) is 0.136. The Balaban J connectivity index is 1.58. The van der Waals surface area contributed by atoms with Gasteiger partial charge in [-0.1, -0.05) is 62.2 Å². The second kappa shape index (κ2) is 15.7. The number of hydrogen-bond acceptors (Lipinski definition) is 8. The van der Waals surface area contributed by atoms with E-state index in [1.165, 1.54) is 0 Å². The van der Waals surface area contributed by atoms with E-state index in [1.807, 2.05) is 72.8 Å². The predicted molar refractivity (Wildman–Crippen MR) is 187 cm³/mol. The van der Waals surface area contributed by atoms with E-state index >= 15 is 0 Å². The first kappa shape index (κ1) is 34.3. The van der Waals surface area contributed by atoms with Crippen LogP contribution >= 0.6 is 31.9 Å². The number of aliphatic hydroxyl groups is 1. The Morgan fingerprint density at radius 2 is 1.60 bits per heavy atom.